The van der Waals surface area contributed by atoms with Gasteiger partial charge in [-0.05, 0) is 18.4 Å². The van der Waals surface area contributed by atoms with Crippen LogP contribution in [0.25, 0.3) is 0 Å². The standard InChI is InChI=1S/C14H21N5O.ClH/c1-3-14(4-2)18-12(15)17-13(16)19(14)20-10-11-8-6-5-7-9-11;/h5-9H,3-4,10H2,1-2H3,(H4,15,16,17,18);1H. The summed E-state index contributed by atoms with van der Waals surface area (Å²) in [6.07, 6.45) is 1.46. The Balaban J connectivity index is 0.00000220. The number of aliphatic imine (C=N–C) groups is 2. The van der Waals surface area contributed by atoms with Gasteiger partial charge in [-0.25, -0.2) is 4.99 Å². The van der Waals surface area contributed by atoms with E-state index in [-0.39, 0.29) is 24.3 Å². The van der Waals surface area contributed by atoms with Gasteiger partial charge in [-0.1, -0.05) is 44.2 Å². The van der Waals surface area contributed by atoms with Gasteiger partial charge in [0.15, 0.2) is 5.66 Å². The van der Waals surface area contributed by atoms with E-state index in [1.165, 1.54) is 0 Å². The topological polar surface area (TPSA) is 89.2 Å². The van der Waals surface area contributed by atoms with Crippen molar-refractivity contribution in [3.8, 4) is 0 Å². The van der Waals surface area contributed by atoms with Crippen LogP contribution in [-0.4, -0.2) is 22.6 Å². The van der Waals surface area contributed by atoms with Gasteiger partial charge in [-0.2, -0.15) is 10.1 Å². The van der Waals surface area contributed by atoms with E-state index < -0.39 is 5.66 Å². The molecule has 21 heavy (non-hydrogen) atoms. The van der Waals surface area contributed by atoms with Gasteiger partial charge in [0.1, 0.15) is 6.61 Å². The highest BCUT2D eigenvalue weighted by atomic mass is 35.5. The molecule has 0 aliphatic carbocycles. The highest BCUT2D eigenvalue weighted by Crippen LogP contribution is 2.28. The Hall–Kier alpha value is -1.79. The first-order valence-corrected chi connectivity index (χ1v) is 6.78. The molecule has 0 amide bonds. The maximum Gasteiger partial charge on any atom is 0.226 e. The molecule has 0 spiro atoms. The molecule has 1 aliphatic heterocycles. The summed E-state index contributed by atoms with van der Waals surface area (Å²) >= 11 is 0. The number of hydrogen-bond acceptors (Lipinski definition) is 6. The number of hydroxylamine groups is 2. The molecule has 0 bridgehead atoms. The maximum atomic E-state index is 5.95. The van der Waals surface area contributed by atoms with E-state index in [2.05, 4.69) is 9.98 Å². The lowest BCUT2D eigenvalue weighted by Gasteiger charge is -2.40. The summed E-state index contributed by atoms with van der Waals surface area (Å²) in [5, 5.41) is 1.58. The average molecular weight is 312 g/mol. The quantitative estimate of drug-likeness (QED) is 0.870. The molecular weight excluding hydrogens is 290 g/mol. The van der Waals surface area contributed by atoms with Crippen LogP contribution in [0.1, 0.15) is 32.3 Å². The van der Waals surface area contributed by atoms with E-state index in [4.69, 9.17) is 16.3 Å². The van der Waals surface area contributed by atoms with Crippen molar-refractivity contribution in [3.63, 3.8) is 0 Å². The van der Waals surface area contributed by atoms with Gasteiger partial charge in [-0.15, -0.1) is 12.4 Å². The van der Waals surface area contributed by atoms with Gasteiger partial charge in [0.05, 0.1) is 0 Å². The van der Waals surface area contributed by atoms with Crippen LogP contribution >= 0.6 is 12.4 Å². The molecule has 7 heteroatoms. The number of halogens is 1. The van der Waals surface area contributed by atoms with Crippen LogP contribution in [0.5, 0.6) is 0 Å². The van der Waals surface area contributed by atoms with Gasteiger partial charge in [0.25, 0.3) is 0 Å². The third-order valence-electron chi connectivity index (χ3n) is 3.47. The van der Waals surface area contributed by atoms with Crippen LogP contribution in [0.3, 0.4) is 0 Å². The summed E-state index contributed by atoms with van der Waals surface area (Å²) < 4.78 is 0. The normalized spacial score (nSPS) is 16.8. The Morgan fingerprint density at radius 3 is 2.33 bits per heavy atom. The highest BCUT2D eigenvalue weighted by molar-refractivity contribution is 5.95. The fourth-order valence-corrected chi connectivity index (χ4v) is 2.25. The van der Waals surface area contributed by atoms with Gasteiger partial charge < -0.3 is 11.5 Å². The van der Waals surface area contributed by atoms with Gasteiger partial charge in [0.2, 0.25) is 11.9 Å². The van der Waals surface area contributed by atoms with Crippen LogP contribution in [-0.2, 0) is 11.4 Å². The minimum Gasteiger partial charge on any atom is -0.368 e. The molecule has 0 saturated carbocycles. The zero-order valence-electron chi connectivity index (χ0n) is 12.3. The molecule has 1 aromatic rings. The second-order valence-corrected chi connectivity index (χ2v) is 4.68. The molecule has 0 aromatic heterocycles. The molecule has 0 fully saturated rings. The van der Waals surface area contributed by atoms with Gasteiger partial charge in [-0.3, -0.25) is 4.84 Å². The van der Waals surface area contributed by atoms with E-state index in [1.54, 1.807) is 5.06 Å². The zero-order chi connectivity index (χ0) is 14.6. The van der Waals surface area contributed by atoms with Crippen molar-refractivity contribution < 1.29 is 4.84 Å². The molecule has 1 aliphatic rings. The lowest BCUT2D eigenvalue weighted by atomic mass is 10.0. The van der Waals surface area contributed by atoms with Crippen molar-refractivity contribution >= 4 is 24.3 Å². The van der Waals surface area contributed by atoms with Crippen LogP contribution in [0.15, 0.2) is 40.3 Å². The summed E-state index contributed by atoms with van der Waals surface area (Å²) in [7, 11) is 0. The smallest absolute Gasteiger partial charge is 0.226 e. The van der Waals surface area contributed by atoms with Gasteiger partial charge >= 0.3 is 0 Å². The number of rotatable bonds is 5. The summed E-state index contributed by atoms with van der Waals surface area (Å²) in [5.41, 5.74) is 12.2. The lowest BCUT2D eigenvalue weighted by Crippen LogP contribution is -2.56. The van der Waals surface area contributed by atoms with E-state index in [0.29, 0.717) is 6.61 Å². The number of hydrogen-bond donors (Lipinski definition) is 2. The van der Waals surface area contributed by atoms with Crippen molar-refractivity contribution in [2.75, 3.05) is 0 Å². The van der Waals surface area contributed by atoms with Crippen molar-refractivity contribution in [1.82, 2.24) is 5.06 Å². The molecule has 1 aromatic carbocycles. The average Bonchev–Trinajstić information content (AvgIpc) is 2.46. The van der Waals surface area contributed by atoms with E-state index in [9.17, 15) is 0 Å². The second kappa shape index (κ2) is 7.28. The number of guanidine groups is 2. The number of nitrogens with two attached hydrogens (primary N) is 2. The lowest BCUT2D eigenvalue weighted by molar-refractivity contribution is -0.179. The molecule has 0 radical (unpaired) electrons. The second-order valence-electron chi connectivity index (χ2n) is 4.68. The Morgan fingerprint density at radius 1 is 1.14 bits per heavy atom. The first-order valence-electron chi connectivity index (χ1n) is 6.78. The molecular formula is C14H22ClN5O. The first kappa shape index (κ1) is 17.3. The predicted octanol–water partition coefficient (Wildman–Crippen LogP) is 2.00. The first-order chi connectivity index (χ1) is 9.61. The van der Waals surface area contributed by atoms with Crippen molar-refractivity contribution in [2.45, 2.75) is 39.0 Å². The molecule has 2 rings (SSSR count). The van der Waals surface area contributed by atoms with Crippen molar-refractivity contribution in [3.05, 3.63) is 35.9 Å². The molecule has 0 unspecified atom stereocenters. The highest BCUT2D eigenvalue weighted by Gasteiger charge is 2.39. The van der Waals surface area contributed by atoms with E-state index >= 15 is 0 Å². The molecule has 6 nitrogen and oxygen atoms in total. The van der Waals surface area contributed by atoms with Crippen LogP contribution in [0, 0.1) is 0 Å². The zero-order valence-corrected chi connectivity index (χ0v) is 13.1. The monoisotopic (exact) mass is 311 g/mol. The van der Waals surface area contributed by atoms with Gasteiger partial charge in [0, 0.05) is 0 Å². The SMILES string of the molecule is CCC1(CC)N=C(N)N=C(N)N1OCc1ccccc1.Cl. The molecule has 0 atom stereocenters. The number of nitrogens with zero attached hydrogens (tertiary/aromatic N) is 3. The minimum atomic E-state index is -0.579. The van der Waals surface area contributed by atoms with Crippen LogP contribution in [0.4, 0.5) is 0 Å². The minimum absolute atomic E-state index is 0. The number of benzene rings is 1. The van der Waals surface area contributed by atoms with Crippen molar-refractivity contribution in [2.24, 2.45) is 21.5 Å². The summed E-state index contributed by atoms with van der Waals surface area (Å²) in [5.74, 6) is 0.447. The molecule has 116 valence electrons. The maximum absolute atomic E-state index is 5.95. The van der Waals surface area contributed by atoms with Crippen LogP contribution in [0.2, 0.25) is 0 Å². The fourth-order valence-electron chi connectivity index (χ4n) is 2.25. The van der Waals surface area contributed by atoms with E-state index in [1.807, 2.05) is 44.2 Å². The summed E-state index contributed by atoms with van der Waals surface area (Å²) in [6, 6.07) is 9.89. The predicted molar refractivity (Wildman–Crippen MR) is 86.9 cm³/mol. The Bertz CT molecular complexity index is 513. The summed E-state index contributed by atoms with van der Waals surface area (Å²) in [6.45, 7) is 4.46. The molecule has 0 saturated heterocycles. The van der Waals surface area contributed by atoms with Crippen molar-refractivity contribution in [1.29, 1.82) is 0 Å². The van der Waals surface area contributed by atoms with Crippen LogP contribution < -0.4 is 11.5 Å². The largest absolute Gasteiger partial charge is 0.368 e. The third kappa shape index (κ3) is 3.65. The Morgan fingerprint density at radius 2 is 1.76 bits per heavy atom. The Labute approximate surface area is 131 Å². The molecule has 4 N–H and O–H groups in total. The Kier molecular flexibility index (Phi) is 5.99. The summed E-state index contributed by atoms with van der Waals surface area (Å²) in [4.78, 5) is 14.3. The van der Waals surface area contributed by atoms with E-state index in [0.717, 1.165) is 18.4 Å². The fraction of sp³-hybridized carbons (Fsp3) is 0.429. The molecule has 1 heterocycles. The third-order valence-corrected chi connectivity index (χ3v) is 3.47.